The maximum atomic E-state index is 12.2. The van der Waals surface area contributed by atoms with E-state index in [1.165, 1.54) is 6.92 Å². The van der Waals surface area contributed by atoms with Crippen molar-refractivity contribution in [1.82, 2.24) is 0 Å². The van der Waals surface area contributed by atoms with E-state index in [-0.39, 0.29) is 11.8 Å². The molecule has 0 aromatic heterocycles. The number of anilines is 2. The van der Waals surface area contributed by atoms with Crippen molar-refractivity contribution in [2.75, 3.05) is 10.6 Å². The topological polar surface area (TPSA) is 58.2 Å². The Morgan fingerprint density at radius 3 is 2.29 bits per heavy atom. The molecule has 2 rings (SSSR count). The summed E-state index contributed by atoms with van der Waals surface area (Å²) in [5.74, 6) is -0.331. The number of nitrogens with one attached hydrogen (secondary N) is 2. The van der Waals surface area contributed by atoms with Gasteiger partial charge in [-0.1, -0.05) is 22.0 Å². The molecule has 0 aliphatic carbocycles. The van der Waals surface area contributed by atoms with Crippen molar-refractivity contribution in [2.45, 2.75) is 13.8 Å². The second-order valence-electron chi connectivity index (χ2n) is 4.67. The van der Waals surface area contributed by atoms with E-state index in [0.29, 0.717) is 11.3 Å². The van der Waals surface area contributed by atoms with Crippen molar-refractivity contribution in [3.63, 3.8) is 0 Å². The van der Waals surface area contributed by atoms with Gasteiger partial charge in [0.05, 0.1) is 0 Å². The molecule has 0 saturated heterocycles. The highest BCUT2D eigenvalue weighted by Crippen LogP contribution is 2.21. The van der Waals surface area contributed by atoms with Crippen LogP contribution in [0.4, 0.5) is 11.4 Å². The van der Waals surface area contributed by atoms with Gasteiger partial charge in [0, 0.05) is 28.3 Å². The molecule has 21 heavy (non-hydrogen) atoms. The number of hydrogen-bond donors (Lipinski definition) is 2. The fourth-order valence-corrected chi connectivity index (χ4v) is 2.19. The van der Waals surface area contributed by atoms with Gasteiger partial charge >= 0.3 is 0 Å². The molecular weight excluding hydrogens is 332 g/mol. The third-order valence-corrected chi connectivity index (χ3v) is 3.41. The molecule has 0 atom stereocenters. The van der Waals surface area contributed by atoms with Crippen LogP contribution in [0.1, 0.15) is 22.8 Å². The van der Waals surface area contributed by atoms with Crippen LogP contribution in [-0.2, 0) is 4.79 Å². The number of amides is 2. The SMILES string of the molecule is CC(=O)Nc1ccc(C(=O)Nc2cc(Br)ccc2C)cc1. The summed E-state index contributed by atoms with van der Waals surface area (Å²) in [7, 11) is 0. The quantitative estimate of drug-likeness (QED) is 0.883. The Morgan fingerprint density at radius 2 is 1.67 bits per heavy atom. The molecule has 4 nitrogen and oxygen atoms in total. The summed E-state index contributed by atoms with van der Waals surface area (Å²) in [6.07, 6.45) is 0. The van der Waals surface area contributed by atoms with E-state index >= 15 is 0 Å². The summed E-state index contributed by atoms with van der Waals surface area (Å²) in [6, 6.07) is 12.5. The Bertz CT molecular complexity index is 681. The normalized spacial score (nSPS) is 10.0. The van der Waals surface area contributed by atoms with E-state index in [9.17, 15) is 9.59 Å². The largest absolute Gasteiger partial charge is 0.326 e. The van der Waals surface area contributed by atoms with E-state index in [1.54, 1.807) is 24.3 Å². The van der Waals surface area contributed by atoms with Gasteiger partial charge in [-0.15, -0.1) is 0 Å². The lowest BCUT2D eigenvalue weighted by molar-refractivity contribution is -0.114. The van der Waals surface area contributed by atoms with Crippen molar-refractivity contribution in [2.24, 2.45) is 0 Å². The number of benzene rings is 2. The molecule has 2 aromatic rings. The number of halogens is 1. The molecule has 108 valence electrons. The average molecular weight is 347 g/mol. The lowest BCUT2D eigenvalue weighted by Crippen LogP contribution is -2.13. The summed E-state index contributed by atoms with van der Waals surface area (Å²) in [4.78, 5) is 23.1. The minimum atomic E-state index is -0.189. The Balaban J connectivity index is 2.13. The second-order valence-corrected chi connectivity index (χ2v) is 5.59. The van der Waals surface area contributed by atoms with E-state index < -0.39 is 0 Å². The number of rotatable bonds is 3. The molecule has 0 radical (unpaired) electrons. The van der Waals surface area contributed by atoms with Gasteiger partial charge in [-0.05, 0) is 48.9 Å². The zero-order valence-corrected chi connectivity index (χ0v) is 13.3. The van der Waals surface area contributed by atoms with Crippen LogP contribution in [-0.4, -0.2) is 11.8 Å². The molecule has 0 aliphatic heterocycles. The van der Waals surface area contributed by atoms with E-state index in [1.807, 2.05) is 25.1 Å². The van der Waals surface area contributed by atoms with E-state index in [4.69, 9.17) is 0 Å². The highest BCUT2D eigenvalue weighted by Gasteiger charge is 2.08. The smallest absolute Gasteiger partial charge is 0.255 e. The zero-order chi connectivity index (χ0) is 15.4. The van der Waals surface area contributed by atoms with Crippen LogP contribution < -0.4 is 10.6 Å². The fourth-order valence-electron chi connectivity index (χ4n) is 1.83. The van der Waals surface area contributed by atoms with Crippen molar-refractivity contribution in [3.8, 4) is 0 Å². The van der Waals surface area contributed by atoms with Gasteiger partial charge in [-0.2, -0.15) is 0 Å². The maximum absolute atomic E-state index is 12.2. The lowest BCUT2D eigenvalue weighted by atomic mass is 10.1. The number of hydrogen-bond acceptors (Lipinski definition) is 2. The molecular formula is C16H15BrN2O2. The molecule has 5 heteroatoms. The summed E-state index contributed by atoms with van der Waals surface area (Å²) >= 11 is 3.38. The minimum Gasteiger partial charge on any atom is -0.326 e. The number of carbonyl (C=O) groups excluding carboxylic acids is 2. The van der Waals surface area contributed by atoms with Gasteiger partial charge in [0.25, 0.3) is 5.91 Å². The molecule has 0 aliphatic rings. The summed E-state index contributed by atoms with van der Waals surface area (Å²) < 4.78 is 0.907. The van der Waals surface area contributed by atoms with Crippen LogP contribution >= 0.6 is 15.9 Å². The van der Waals surface area contributed by atoms with Gasteiger partial charge in [-0.25, -0.2) is 0 Å². The number of aryl methyl sites for hydroxylation is 1. The van der Waals surface area contributed by atoms with Gasteiger partial charge in [0.2, 0.25) is 5.91 Å². The fraction of sp³-hybridized carbons (Fsp3) is 0.125. The van der Waals surface area contributed by atoms with Crippen LogP contribution in [0.5, 0.6) is 0 Å². The Labute approximate surface area is 131 Å². The number of carbonyl (C=O) groups is 2. The predicted molar refractivity (Wildman–Crippen MR) is 87.6 cm³/mol. The highest BCUT2D eigenvalue weighted by atomic mass is 79.9. The molecule has 0 heterocycles. The van der Waals surface area contributed by atoms with E-state index in [0.717, 1.165) is 15.7 Å². The Morgan fingerprint density at radius 1 is 1.00 bits per heavy atom. The lowest BCUT2D eigenvalue weighted by Gasteiger charge is -2.09. The van der Waals surface area contributed by atoms with Crippen molar-refractivity contribution >= 4 is 39.1 Å². The first-order valence-corrected chi connectivity index (χ1v) is 7.20. The monoisotopic (exact) mass is 346 g/mol. The Kier molecular flexibility index (Phi) is 4.75. The van der Waals surface area contributed by atoms with Gasteiger partial charge in [-0.3, -0.25) is 9.59 Å². The van der Waals surface area contributed by atoms with E-state index in [2.05, 4.69) is 26.6 Å². The first-order chi connectivity index (χ1) is 9.95. The predicted octanol–water partition coefficient (Wildman–Crippen LogP) is 3.97. The molecule has 0 fully saturated rings. The average Bonchev–Trinajstić information content (AvgIpc) is 2.43. The summed E-state index contributed by atoms with van der Waals surface area (Å²) in [6.45, 7) is 3.37. The van der Waals surface area contributed by atoms with Crippen molar-refractivity contribution < 1.29 is 9.59 Å². The van der Waals surface area contributed by atoms with Gasteiger partial charge < -0.3 is 10.6 Å². The van der Waals surface area contributed by atoms with Crippen LogP contribution in [0.3, 0.4) is 0 Å². The van der Waals surface area contributed by atoms with Gasteiger partial charge in [0.1, 0.15) is 0 Å². The zero-order valence-electron chi connectivity index (χ0n) is 11.7. The second kappa shape index (κ2) is 6.54. The van der Waals surface area contributed by atoms with Crippen LogP contribution in [0.2, 0.25) is 0 Å². The van der Waals surface area contributed by atoms with Crippen LogP contribution in [0.25, 0.3) is 0 Å². The summed E-state index contributed by atoms with van der Waals surface area (Å²) in [5.41, 5.74) is 2.95. The highest BCUT2D eigenvalue weighted by molar-refractivity contribution is 9.10. The third kappa shape index (κ3) is 4.16. The Hall–Kier alpha value is -2.14. The molecule has 0 bridgehead atoms. The van der Waals surface area contributed by atoms with Gasteiger partial charge in [0.15, 0.2) is 0 Å². The summed E-state index contributed by atoms with van der Waals surface area (Å²) in [5, 5.41) is 5.53. The molecule has 2 N–H and O–H groups in total. The van der Waals surface area contributed by atoms with Crippen LogP contribution in [0.15, 0.2) is 46.9 Å². The molecule has 2 aromatic carbocycles. The molecule has 0 saturated carbocycles. The molecule has 2 amide bonds. The van der Waals surface area contributed by atoms with Crippen molar-refractivity contribution in [1.29, 1.82) is 0 Å². The molecule has 0 spiro atoms. The minimum absolute atomic E-state index is 0.142. The third-order valence-electron chi connectivity index (χ3n) is 2.92. The maximum Gasteiger partial charge on any atom is 0.255 e. The van der Waals surface area contributed by atoms with Crippen molar-refractivity contribution in [3.05, 3.63) is 58.1 Å². The molecule has 0 unspecified atom stereocenters. The first kappa shape index (κ1) is 15.3. The van der Waals surface area contributed by atoms with Crippen LogP contribution in [0, 0.1) is 6.92 Å². The standard InChI is InChI=1S/C16H15BrN2O2/c1-10-3-6-13(17)9-15(10)19-16(21)12-4-7-14(8-5-12)18-11(2)20/h3-9H,1-2H3,(H,18,20)(H,19,21). The first-order valence-electron chi connectivity index (χ1n) is 6.41.